The highest BCUT2D eigenvalue weighted by Gasteiger charge is 2.36. The Morgan fingerprint density at radius 1 is 1.08 bits per heavy atom. The van der Waals surface area contributed by atoms with Crippen LogP contribution in [0.1, 0.15) is 31.2 Å². The second kappa shape index (κ2) is 11.0. The standard InChI is InChI=1S/C25H28ClN3O6S/c1-17-5-7-19(8-6-17)29-15-18(13-24(29)31)25(32)35-16-23(30)27-22-14-20(9-10-21(22)26)36(33,34)28-11-3-2-4-12-28/h5-10,14,18H,2-4,11-13,15-16H2,1H3,(H,27,30). The third kappa shape index (κ3) is 5.88. The number of hydrogen-bond donors (Lipinski definition) is 1. The second-order valence-corrected chi connectivity index (χ2v) is 11.3. The first kappa shape index (κ1) is 26.1. The van der Waals surface area contributed by atoms with Crippen molar-refractivity contribution in [3.63, 3.8) is 0 Å². The van der Waals surface area contributed by atoms with Gasteiger partial charge in [-0.1, -0.05) is 35.7 Å². The van der Waals surface area contributed by atoms with E-state index in [0.29, 0.717) is 18.8 Å². The van der Waals surface area contributed by atoms with E-state index in [1.165, 1.54) is 27.4 Å². The van der Waals surface area contributed by atoms with Gasteiger partial charge in [-0.3, -0.25) is 14.4 Å². The van der Waals surface area contributed by atoms with Gasteiger partial charge in [-0.25, -0.2) is 8.42 Å². The summed E-state index contributed by atoms with van der Waals surface area (Å²) in [6, 6.07) is 11.5. The normalized spacial score (nSPS) is 18.8. The number of anilines is 2. The molecule has 2 aromatic rings. The maximum Gasteiger partial charge on any atom is 0.311 e. The van der Waals surface area contributed by atoms with Crippen molar-refractivity contribution in [1.29, 1.82) is 0 Å². The van der Waals surface area contributed by atoms with Gasteiger partial charge in [0.2, 0.25) is 15.9 Å². The Morgan fingerprint density at radius 3 is 2.47 bits per heavy atom. The average molecular weight is 534 g/mol. The van der Waals surface area contributed by atoms with Crippen molar-refractivity contribution in [2.45, 2.75) is 37.5 Å². The minimum atomic E-state index is -3.71. The lowest BCUT2D eigenvalue weighted by atomic mass is 10.1. The predicted octanol–water partition coefficient (Wildman–Crippen LogP) is 3.36. The van der Waals surface area contributed by atoms with E-state index in [2.05, 4.69) is 5.32 Å². The third-order valence-corrected chi connectivity index (χ3v) is 8.54. The number of nitrogens with one attached hydrogen (secondary N) is 1. The Kier molecular flexibility index (Phi) is 7.97. The minimum absolute atomic E-state index is 0.00341. The minimum Gasteiger partial charge on any atom is -0.455 e. The molecular formula is C25H28ClN3O6S. The molecule has 2 aliphatic heterocycles. The van der Waals surface area contributed by atoms with Crippen LogP contribution in [0.5, 0.6) is 0 Å². The Hall–Kier alpha value is -2.95. The molecule has 0 saturated carbocycles. The first-order chi connectivity index (χ1) is 17.1. The molecular weight excluding hydrogens is 506 g/mol. The van der Waals surface area contributed by atoms with E-state index in [0.717, 1.165) is 24.8 Å². The van der Waals surface area contributed by atoms with E-state index in [-0.39, 0.29) is 34.5 Å². The van der Waals surface area contributed by atoms with Crippen LogP contribution in [0, 0.1) is 12.8 Å². The van der Waals surface area contributed by atoms with Crippen LogP contribution in [0.3, 0.4) is 0 Å². The van der Waals surface area contributed by atoms with Gasteiger partial charge >= 0.3 is 5.97 Å². The molecule has 2 amide bonds. The van der Waals surface area contributed by atoms with Crippen molar-refractivity contribution < 1.29 is 27.5 Å². The fourth-order valence-electron chi connectivity index (χ4n) is 4.30. The van der Waals surface area contributed by atoms with E-state index in [4.69, 9.17) is 16.3 Å². The number of amides is 2. The molecule has 1 atom stereocenters. The van der Waals surface area contributed by atoms with Crippen LogP contribution in [0.15, 0.2) is 47.4 Å². The number of piperidine rings is 1. The molecule has 2 fully saturated rings. The summed E-state index contributed by atoms with van der Waals surface area (Å²) in [5, 5.41) is 2.67. The number of ether oxygens (including phenoxy) is 1. The number of benzene rings is 2. The van der Waals surface area contributed by atoms with Gasteiger partial charge in [0, 0.05) is 31.7 Å². The van der Waals surface area contributed by atoms with E-state index < -0.39 is 34.4 Å². The fraction of sp³-hybridized carbons (Fsp3) is 0.400. The van der Waals surface area contributed by atoms with Gasteiger partial charge in [-0.2, -0.15) is 4.31 Å². The third-order valence-electron chi connectivity index (χ3n) is 6.31. The van der Waals surface area contributed by atoms with Crippen LogP contribution >= 0.6 is 11.6 Å². The summed E-state index contributed by atoms with van der Waals surface area (Å²) in [6.07, 6.45) is 2.59. The van der Waals surface area contributed by atoms with Gasteiger partial charge in [0.15, 0.2) is 6.61 Å². The maximum absolute atomic E-state index is 12.9. The summed E-state index contributed by atoms with van der Waals surface area (Å²) < 4.78 is 32.5. The quantitative estimate of drug-likeness (QED) is 0.546. The highest BCUT2D eigenvalue weighted by molar-refractivity contribution is 7.89. The van der Waals surface area contributed by atoms with Gasteiger partial charge in [0.1, 0.15) is 0 Å². The van der Waals surface area contributed by atoms with Gasteiger partial charge in [-0.15, -0.1) is 0 Å². The van der Waals surface area contributed by atoms with Crippen molar-refractivity contribution in [3.05, 3.63) is 53.1 Å². The Morgan fingerprint density at radius 2 is 1.78 bits per heavy atom. The lowest BCUT2D eigenvalue weighted by Crippen LogP contribution is -2.35. The molecule has 0 bridgehead atoms. The number of carbonyl (C=O) groups is 3. The maximum atomic E-state index is 12.9. The largest absolute Gasteiger partial charge is 0.455 e. The Balaban J connectivity index is 1.34. The Labute approximate surface area is 215 Å². The second-order valence-electron chi connectivity index (χ2n) is 9.00. The molecule has 0 spiro atoms. The number of rotatable bonds is 7. The van der Waals surface area contributed by atoms with Crippen molar-refractivity contribution >= 4 is 50.8 Å². The first-order valence-electron chi connectivity index (χ1n) is 11.8. The lowest BCUT2D eigenvalue weighted by molar-refractivity contribution is -0.151. The highest BCUT2D eigenvalue weighted by atomic mass is 35.5. The van der Waals surface area contributed by atoms with Crippen LogP contribution in [-0.2, 0) is 29.1 Å². The van der Waals surface area contributed by atoms with Gasteiger partial charge in [0.25, 0.3) is 5.91 Å². The molecule has 0 radical (unpaired) electrons. The van der Waals surface area contributed by atoms with E-state index in [9.17, 15) is 22.8 Å². The fourth-order valence-corrected chi connectivity index (χ4v) is 6.00. The zero-order valence-corrected chi connectivity index (χ0v) is 21.5. The molecule has 1 unspecified atom stereocenters. The molecule has 36 heavy (non-hydrogen) atoms. The number of hydrogen-bond acceptors (Lipinski definition) is 6. The number of nitrogens with zero attached hydrogens (tertiary/aromatic N) is 2. The zero-order chi connectivity index (χ0) is 25.9. The average Bonchev–Trinajstić information content (AvgIpc) is 3.26. The van der Waals surface area contributed by atoms with Crippen LogP contribution in [0.25, 0.3) is 0 Å². The molecule has 2 saturated heterocycles. The Bertz CT molecular complexity index is 1260. The van der Waals surface area contributed by atoms with Crippen molar-refractivity contribution in [2.24, 2.45) is 5.92 Å². The van der Waals surface area contributed by atoms with E-state index in [1.807, 2.05) is 31.2 Å². The van der Waals surface area contributed by atoms with E-state index >= 15 is 0 Å². The molecule has 9 nitrogen and oxygen atoms in total. The summed E-state index contributed by atoms with van der Waals surface area (Å²) in [5.74, 6) is -2.20. The van der Waals surface area contributed by atoms with Crippen molar-refractivity contribution in [2.75, 3.05) is 36.5 Å². The summed E-state index contributed by atoms with van der Waals surface area (Å²) >= 11 is 6.17. The topological polar surface area (TPSA) is 113 Å². The van der Waals surface area contributed by atoms with Crippen LogP contribution in [0.2, 0.25) is 5.02 Å². The molecule has 192 valence electrons. The number of esters is 1. The van der Waals surface area contributed by atoms with Crippen LogP contribution in [-0.4, -0.2) is 56.7 Å². The number of carbonyl (C=O) groups excluding carboxylic acids is 3. The molecule has 2 aromatic carbocycles. The summed E-state index contributed by atoms with van der Waals surface area (Å²) in [6.45, 7) is 2.43. The molecule has 0 aliphatic carbocycles. The van der Waals surface area contributed by atoms with Crippen molar-refractivity contribution in [1.82, 2.24) is 4.31 Å². The van der Waals surface area contributed by atoms with Gasteiger partial charge < -0.3 is 15.0 Å². The van der Waals surface area contributed by atoms with Gasteiger partial charge in [-0.05, 0) is 50.1 Å². The first-order valence-corrected chi connectivity index (χ1v) is 13.6. The van der Waals surface area contributed by atoms with Gasteiger partial charge in [0.05, 0.1) is 21.5 Å². The molecule has 2 heterocycles. The van der Waals surface area contributed by atoms with Crippen LogP contribution < -0.4 is 10.2 Å². The summed E-state index contributed by atoms with van der Waals surface area (Å²) in [4.78, 5) is 38.9. The zero-order valence-electron chi connectivity index (χ0n) is 19.9. The van der Waals surface area contributed by atoms with Crippen molar-refractivity contribution in [3.8, 4) is 0 Å². The van der Waals surface area contributed by atoms with Crippen LogP contribution in [0.4, 0.5) is 11.4 Å². The van der Waals surface area contributed by atoms with E-state index in [1.54, 1.807) is 0 Å². The summed E-state index contributed by atoms with van der Waals surface area (Å²) in [7, 11) is -3.71. The smallest absolute Gasteiger partial charge is 0.311 e. The molecule has 1 N–H and O–H groups in total. The highest BCUT2D eigenvalue weighted by Crippen LogP contribution is 2.29. The SMILES string of the molecule is Cc1ccc(N2CC(C(=O)OCC(=O)Nc3cc(S(=O)(=O)N4CCCCC4)ccc3Cl)CC2=O)cc1. The molecule has 11 heteroatoms. The molecule has 2 aliphatic rings. The number of halogens is 1. The lowest BCUT2D eigenvalue weighted by Gasteiger charge is -2.26. The summed E-state index contributed by atoms with van der Waals surface area (Å²) in [5.41, 5.74) is 1.87. The molecule has 0 aromatic heterocycles. The predicted molar refractivity (Wildman–Crippen MR) is 135 cm³/mol. The molecule has 4 rings (SSSR count). The monoisotopic (exact) mass is 533 g/mol. The number of aryl methyl sites for hydroxylation is 1. The number of sulfonamides is 1.